The number of nitrogens with one attached hydrogen (secondary N) is 1. The molecule has 150 valence electrons. The molecular formula is C22H22ClFN4O. The molecule has 0 saturated carbocycles. The van der Waals surface area contributed by atoms with Crippen LogP contribution in [0.5, 0.6) is 0 Å². The molecule has 0 radical (unpaired) electrons. The predicted molar refractivity (Wildman–Crippen MR) is 112 cm³/mol. The van der Waals surface area contributed by atoms with Gasteiger partial charge in [0, 0.05) is 29.6 Å². The third-order valence-electron chi connectivity index (χ3n) is 4.71. The van der Waals surface area contributed by atoms with Crippen LogP contribution in [0.3, 0.4) is 0 Å². The maximum atomic E-state index is 13.4. The number of carbonyl (C=O) groups excluding carboxylic acids is 1. The monoisotopic (exact) mass is 412 g/mol. The summed E-state index contributed by atoms with van der Waals surface area (Å²) in [5.41, 5.74) is 10.7. The zero-order valence-corrected chi connectivity index (χ0v) is 17.2. The van der Waals surface area contributed by atoms with Gasteiger partial charge in [0.1, 0.15) is 0 Å². The molecule has 0 saturated heterocycles. The molecule has 2 aromatic heterocycles. The van der Waals surface area contributed by atoms with Crippen molar-refractivity contribution in [3.63, 3.8) is 0 Å². The minimum absolute atomic E-state index is 0.254. The molecule has 7 heteroatoms. The summed E-state index contributed by atoms with van der Waals surface area (Å²) in [5, 5.41) is 3.53. The summed E-state index contributed by atoms with van der Waals surface area (Å²) < 4.78 is 13.4. The molecule has 1 amide bonds. The van der Waals surface area contributed by atoms with Crippen molar-refractivity contribution in [2.45, 2.75) is 33.4 Å². The Kier molecular flexibility index (Phi) is 6.25. The number of nitrogens with zero attached hydrogens (tertiary/aromatic N) is 2. The van der Waals surface area contributed by atoms with Gasteiger partial charge in [0.2, 0.25) is 5.95 Å². The zero-order valence-electron chi connectivity index (χ0n) is 16.5. The van der Waals surface area contributed by atoms with Gasteiger partial charge in [0.15, 0.2) is 0 Å². The van der Waals surface area contributed by atoms with Crippen molar-refractivity contribution < 1.29 is 9.18 Å². The first-order valence-electron chi connectivity index (χ1n) is 9.19. The third-order valence-corrected chi connectivity index (χ3v) is 5.11. The van der Waals surface area contributed by atoms with Gasteiger partial charge in [-0.15, -0.1) is 0 Å². The van der Waals surface area contributed by atoms with Crippen LogP contribution in [0, 0.1) is 19.8 Å². The Balaban J connectivity index is 1.91. The van der Waals surface area contributed by atoms with Crippen LogP contribution in [0.25, 0.3) is 11.1 Å². The van der Waals surface area contributed by atoms with Gasteiger partial charge in [-0.25, -0.2) is 4.98 Å². The summed E-state index contributed by atoms with van der Waals surface area (Å²) >= 11 is 6.03. The number of benzene rings is 1. The van der Waals surface area contributed by atoms with Gasteiger partial charge in [0.25, 0.3) is 5.91 Å². The number of hydrogen-bond acceptors (Lipinski definition) is 4. The lowest BCUT2D eigenvalue weighted by atomic mass is 9.98. The van der Waals surface area contributed by atoms with E-state index in [1.165, 1.54) is 6.07 Å². The smallest absolute Gasteiger partial charge is 0.251 e. The number of rotatable bonds is 5. The Morgan fingerprint density at radius 3 is 2.66 bits per heavy atom. The van der Waals surface area contributed by atoms with Crippen molar-refractivity contribution in [3.05, 3.63) is 81.6 Å². The maximum Gasteiger partial charge on any atom is 0.251 e. The molecule has 3 rings (SSSR count). The number of carbonyl (C=O) groups is 1. The van der Waals surface area contributed by atoms with E-state index in [0.29, 0.717) is 22.0 Å². The summed E-state index contributed by atoms with van der Waals surface area (Å²) in [6.07, 6.45) is 1.58. The molecule has 0 aliphatic carbocycles. The predicted octanol–water partition coefficient (Wildman–Crippen LogP) is 4.50. The highest BCUT2D eigenvalue weighted by atomic mass is 35.5. The van der Waals surface area contributed by atoms with Crippen LogP contribution >= 0.6 is 11.6 Å². The minimum Gasteiger partial charge on any atom is -0.344 e. The highest BCUT2D eigenvalue weighted by Crippen LogP contribution is 2.26. The van der Waals surface area contributed by atoms with E-state index in [0.717, 1.165) is 22.3 Å². The van der Waals surface area contributed by atoms with E-state index in [1.54, 1.807) is 31.3 Å². The van der Waals surface area contributed by atoms with E-state index in [9.17, 15) is 9.18 Å². The first-order valence-corrected chi connectivity index (χ1v) is 9.56. The Morgan fingerprint density at radius 2 is 2.00 bits per heavy atom. The van der Waals surface area contributed by atoms with E-state index in [2.05, 4.69) is 15.3 Å². The van der Waals surface area contributed by atoms with Crippen LogP contribution in [0.15, 0.2) is 42.6 Å². The van der Waals surface area contributed by atoms with Crippen LogP contribution < -0.4 is 11.1 Å². The normalized spacial score (nSPS) is 11.9. The second kappa shape index (κ2) is 8.68. The van der Waals surface area contributed by atoms with Crippen LogP contribution in [0.2, 0.25) is 5.02 Å². The standard InChI is InChI=1S/C22H22ClFN4O/c1-12-6-20(26-11-19(12)23)14(3)28-22(29)17-8-15(10-25)7-16(9-17)18-4-5-21(24)27-13(18)2/h4-9,11,14H,10,25H2,1-3H3,(H,28,29). The number of halogens is 2. The highest BCUT2D eigenvalue weighted by Gasteiger charge is 2.16. The topological polar surface area (TPSA) is 80.9 Å². The van der Waals surface area contributed by atoms with Crippen molar-refractivity contribution in [2.75, 3.05) is 0 Å². The molecule has 5 nitrogen and oxygen atoms in total. The summed E-state index contributed by atoms with van der Waals surface area (Å²) in [6, 6.07) is 9.88. The summed E-state index contributed by atoms with van der Waals surface area (Å²) in [6.45, 7) is 5.74. The minimum atomic E-state index is -0.543. The second-order valence-electron chi connectivity index (χ2n) is 6.94. The molecule has 0 bridgehead atoms. The Bertz CT molecular complexity index is 1070. The molecule has 3 aromatic rings. The van der Waals surface area contributed by atoms with Crippen LogP contribution in [0.4, 0.5) is 4.39 Å². The fourth-order valence-corrected chi connectivity index (χ4v) is 3.19. The van der Waals surface area contributed by atoms with E-state index >= 15 is 0 Å². The van der Waals surface area contributed by atoms with Crippen molar-refractivity contribution in [1.29, 1.82) is 0 Å². The maximum absolute atomic E-state index is 13.4. The van der Waals surface area contributed by atoms with Crippen molar-refractivity contribution in [3.8, 4) is 11.1 Å². The Morgan fingerprint density at radius 1 is 1.24 bits per heavy atom. The zero-order chi connectivity index (χ0) is 21.1. The number of nitrogens with two attached hydrogens (primary N) is 1. The molecule has 0 spiro atoms. The van der Waals surface area contributed by atoms with E-state index in [1.807, 2.05) is 26.0 Å². The average Bonchev–Trinajstić information content (AvgIpc) is 2.69. The van der Waals surface area contributed by atoms with Gasteiger partial charge in [-0.1, -0.05) is 11.6 Å². The van der Waals surface area contributed by atoms with Gasteiger partial charge in [-0.2, -0.15) is 4.39 Å². The molecule has 3 N–H and O–H groups in total. The largest absolute Gasteiger partial charge is 0.344 e. The summed E-state index contributed by atoms with van der Waals surface area (Å²) in [5.74, 6) is -0.796. The van der Waals surface area contributed by atoms with Crippen LogP contribution in [-0.4, -0.2) is 15.9 Å². The number of aromatic nitrogens is 2. The van der Waals surface area contributed by atoms with E-state index in [4.69, 9.17) is 17.3 Å². The SMILES string of the molecule is Cc1cc(C(C)NC(=O)c2cc(CN)cc(-c3ccc(F)nc3C)c2)ncc1Cl. The first kappa shape index (κ1) is 20.9. The van der Waals surface area contributed by atoms with Crippen LogP contribution in [0.1, 0.15) is 45.8 Å². The Labute approximate surface area is 174 Å². The lowest BCUT2D eigenvalue weighted by molar-refractivity contribution is 0.0939. The van der Waals surface area contributed by atoms with Crippen molar-refractivity contribution in [1.82, 2.24) is 15.3 Å². The van der Waals surface area contributed by atoms with Gasteiger partial charge in [-0.05, 0) is 73.9 Å². The molecule has 0 aliphatic heterocycles. The lowest BCUT2D eigenvalue weighted by Crippen LogP contribution is -2.27. The fourth-order valence-electron chi connectivity index (χ4n) is 3.08. The van der Waals surface area contributed by atoms with Gasteiger partial charge < -0.3 is 11.1 Å². The average molecular weight is 413 g/mol. The van der Waals surface area contributed by atoms with Crippen molar-refractivity contribution >= 4 is 17.5 Å². The molecule has 2 heterocycles. The van der Waals surface area contributed by atoms with Crippen molar-refractivity contribution in [2.24, 2.45) is 5.73 Å². The fraction of sp³-hybridized carbons (Fsp3) is 0.227. The van der Waals surface area contributed by atoms with E-state index < -0.39 is 5.95 Å². The van der Waals surface area contributed by atoms with Gasteiger partial charge >= 0.3 is 0 Å². The lowest BCUT2D eigenvalue weighted by Gasteiger charge is -2.16. The number of pyridine rings is 2. The van der Waals surface area contributed by atoms with Gasteiger partial charge in [-0.3, -0.25) is 9.78 Å². The molecular weight excluding hydrogens is 391 g/mol. The Hall–Kier alpha value is -2.83. The third kappa shape index (κ3) is 4.78. The summed E-state index contributed by atoms with van der Waals surface area (Å²) in [7, 11) is 0. The molecule has 1 aromatic carbocycles. The molecule has 0 aliphatic rings. The molecule has 29 heavy (non-hydrogen) atoms. The van der Waals surface area contributed by atoms with E-state index in [-0.39, 0.29) is 18.5 Å². The number of hydrogen-bond donors (Lipinski definition) is 2. The van der Waals surface area contributed by atoms with Crippen LogP contribution in [-0.2, 0) is 6.54 Å². The molecule has 1 unspecified atom stereocenters. The number of aryl methyl sites for hydroxylation is 2. The quantitative estimate of drug-likeness (QED) is 0.604. The second-order valence-corrected chi connectivity index (χ2v) is 7.35. The highest BCUT2D eigenvalue weighted by molar-refractivity contribution is 6.31. The molecule has 1 atom stereocenters. The number of amides is 1. The van der Waals surface area contributed by atoms with Gasteiger partial charge in [0.05, 0.1) is 16.8 Å². The summed E-state index contributed by atoms with van der Waals surface area (Å²) in [4.78, 5) is 21.0. The molecule has 0 fully saturated rings. The first-order chi connectivity index (χ1) is 13.8.